The summed E-state index contributed by atoms with van der Waals surface area (Å²) in [5.74, 6) is -0.262. The number of primary amides is 1. The van der Waals surface area contributed by atoms with Gasteiger partial charge in [-0.15, -0.1) is 0 Å². The average Bonchev–Trinajstić information content (AvgIpc) is 3.06. The molecule has 2 aliphatic rings. The van der Waals surface area contributed by atoms with Crippen LogP contribution in [0.4, 0.5) is 0 Å². The lowest BCUT2D eigenvalue weighted by atomic mass is 10.0. The number of rotatable bonds is 4. The van der Waals surface area contributed by atoms with Crippen molar-refractivity contribution in [1.29, 1.82) is 0 Å². The van der Waals surface area contributed by atoms with Crippen LogP contribution in [0.2, 0.25) is 0 Å². The fourth-order valence-corrected chi connectivity index (χ4v) is 5.18. The Morgan fingerprint density at radius 1 is 1.04 bits per heavy atom. The molecular weight excluding hydrogens is 314 g/mol. The Kier molecular flexibility index (Phi) is 4.70. The van der Waals surface area contributed by atoms with Crippen LogP contribution in [0.1, 0.15) is 25.7 Å². The molecule has 1 aromatic carbocycles. The predicted molar refractivity (Wildman–Crippen MR) is 87.1 cm³/mol. The first-order chi connectivity index (χ1) is 11.0. The van der Waals surface area contributed by atoms with Gasteiger partial charge >= 0.3 is 0 Å². The van der Waals surface area contributed by atoms with Crippen molar-refractivity contribution in [2.24, 2.45) is 5.73 Å². The molecule has 0 saturated carbocycles. The molecule has 2 N–H and O–H groups in total. The number of nitrogens with two attached hydrogens (primary N) is 1. The third-order valence-corrected chi connectivity index (χ3v) is 6.81. The summed E-state index contributed by atoms with van der Waals surface area (Å²) in [5, 5.41) is 0. The second kappa shape index (κ2) is 6.59. The molecule has 1 amide bonds. The van der Waals surface area contributed by atoms with Crippen LogP contribution in [0, 0.1) is 0 Å². The first kappa shape index (κ1) is 16.4. The standard InChI is InChI=1S/C16H23N3O3S/c17-16(20)15-7-4-10-19(15)13-8-11-18(12-9-13)23(21,22)14-5-2-1-3-6-14/h1-3,5-6,13,15H,4,7-12H2,(H2,17,20)/t15-/m1/s1. The fraction of sp³-hybridized carbons (Fsp3) is 0.562. The van der Waals surface area contributed by atoms with Gasteiger partial charge in [-0.1, -0.05) is 18.2 Å². The summed E-state index contributed by atoms with van der Waals surface area (Å²) in [6, 6.07) is 8.61. The molecule has 3 rings (SSSR count). The van der Waals surface area contributed by atoms with Crippen molar-refractivity contribution in [1.82, 2.24) is 9.21 Å². The highest BCUT2D eigenvalue weighted by Crippen LogP contribution is 2.28. The number of likely N-dealkylation sites (tertiary alicyclic amines) is 1. The number of carbonyl (C=O) groups excluding carboxylic acids is 1. The molecule has 1 aromatic rings. The number of nitrogens with zero attached hydrogens (tertiary/aromatic N) is 2. The summed E-state index contributed by atoms with van der Waals surface area (Å²) in [5.41, 5.74) is 5.48. The van der Waals surface area contributed by atoms with Gasteiger partial charge in [-0.25, -0.2) is 8.42 Å². The number of piperidine rings is 1. The molecule has 2 saturated heterocycles. The van der Waals surface area contributed by atoms with Crippen molar-refractivity contribution in [3.8, 4) is 0 Å². The lowest BCUT2D eigenvalue weighted by Gasteiger charge is -2.38. The first-order valence-corrected chi connectivity index (χ1v) is 9.54. The molecule has 6 nitrogen and oxygen atoms in total. The highest BCUT2D eigenvalue weighted by molar-refractivity contribution is 7.89. The number of amides is 1. The van der Waals surface area contributed by atoms with Gasteiger partial charge in [0, 0.05) is 19.1 Å². The summed E-state index contributed by atoms with van der Waals surface area (Å²) in [7, 11) is -3.42. The van der Waals surface area contributed by atoms with Crippen LogP contribution in [-0.2, 0) is 14.8 Å². The number of hydrogen-bond donors (Lipinski definition) is 1. The monoisotopic (exact) mass is 337 g/mol. The fourth-order valence-electron chi connectivity index (χ4n) is 3.69. The van der Waals surface area contributed by atoms with Gasteiger partial charge in [0.05, 0.1) is 10.9 Å². The van der Waals surface area contributed by atoms with Crippen molar-refractivity contribution >= 4 is 15.9 Å². The highest BCUT2D eigenvalue weighted by atomic mass is 32.2. The van der Waals surface area contributed by atoms with Crippen LogP contribution in [0.15, 0.2) is 35.2 Å². The Labute approximate surface area is 137 Å². The Morgan fingerprint density at radius 2 is 1.70 bits per heavy atom. The number of sulfonamides is 1. The summed E-state index contributed by atoms with van der Waals surface area (Å²) >= 11 is 0. The van der Waals surface area contributed by atoms with Crippen molar-refractivity contribution in [2.45, 2.75) is 42.7 Å². The lowest BCUT2D eigenvalue weighted by molar-refractivity contribution is -0.123. The van der Waals surface area contributed by atoms with Gasteiger partial charge in [0.15, 0.2) is 0 Å². The zero-order valence-corrected chi connectivity index (χ0v) is 13.9. The SMILES string of the molecule is NC(=O)[C@H]1CCCN1C1CCN(S(=O)(=O)c2ccccc2)CC1. The maximum absolute atomic E-state index is 12.6. The first-order valence-electron chi connectivity index (χ1n) is 8.10. The number of hydrogen-bond acceptors (Lipinski definition) is 4. The third-order valence-electron chi connectivity index (χ3n) is 4.90. The largest absolute Gasteiger partial charge is 0.368 e. The smallest absolute Gasteiger partial charge is 0.243 e. The third kappa shape index (κ3) is 3.27. The summed E-state index contributed by atoms with van der Waals surface area (Å²) in [6.45, 7) is 1.86. The molecule has 0 spiro atoms. The van der Waals surface area contributed by atoms with E-state index in [1.165, 1.54) is 0 Å². The van der Waals surface area contributed by atoms with E-state index in [0.717, 1.165) is 32.2 Å². The second-order valence-electron chi connectivity index (χ2n) is 6.25. The molecule has 2 fully saturated rings. The van der Waals surface area contributed by atoms with E-state index in [-0.39, 0.29) is 18.0 Å². The number of carbonyl (C=O) groups is 1. The van der Waals surface area contributed by atoms with Crippen molar-refractivity contribution in [3.05, 3.63) is 30.3 Å². The molecule has 23 heavy (non-hydrogen) atoms. The normalized spacial score (nSPS) is 24.8. The summed E-state index contributed by atoms with van der Waals surface area (Å²) in [4.78, 5) is 14.1. The summed E-state index contributed by atoms with van der Waals surface area (Å²) in [6.07, 6.45) is 3.29. The van der Waals surface area contributed by atoms with Crippen molar-refractivity contribution < 1.29 is 13.2 Å². The predicted octanol–water partition coefficient (Wildman–Crippen LogP) is 0.789. The van der Waals surface area contributed by atoms with E-state index in [0.29, 0.717) is 18.0 Å². The van der Waals surface area contributed by atoms with E-state index in [4.69, 9.17) is 5.73 Å². The summed E-state index contributed by atoms with van der Waals surface area (Å²) < 4.78 is 26.8. The molecule has 7 heteroatoms. The zero-order chi connectivity index (χ0) is 16.4. The van der Waals surface area contributed by atoms with Crippen LogP contribution in [-0.4, -0.2) is 55.2 Å². The molecule has 0 aliphatic carbocycles. The Morgan fingerprint density at radius 3 is 2.30 bits per heavy atom. The Bertz CT molecular complexity index is 654. The van der Waals surface area contributed by atoms with Crippen LogP contribution < -0.4 is 5.73 Å². The van der Waals surface area contributed by atoms with E-state index in [9.17, 15) is 13.2 Å². The van der Waals surface area contributed by atoms with Crippen molar-refractivity contribution in [2.75, 3.05) is 19.6 Å². The maximum atomic E-state index is 12.6. The van der Waals surface area contributed by atoms with Gasteiger partial charge in [-0.05, 0) is 44.4 Å². The van der Waals surface area contributed by atoms with Crippen LogP contribution in [0.3, 0.4) is 0 Å². The average molecular weight is 337 g/mol. The Balaban J connectivity index is 1.66. The van der Waals surface area contributed by atoms with Gasteiger partial charge in [0.25, 0.3) is 0 Å². The Hall–Kier alpha value is -1.44. The van der Waals surface area contributed by atoms with E-state index in [1.54, 1.807) is 28.6 Å². The van der Waals surface area contributed by atoms with Gasteiger partial charge in [-0.3, -0.25) is 9.69 Å². The minimum Gasteiger partial charge on any atom is -0.368 e. The molecule has 0 radical (unpaired) electrons. The lowest BCUT2D eigenvalue weighted by Crippen LogP contribution is -2.51. The second-order valence-corrected chi connectivity index (χ2v) is 8.18. The minimum atomic E-state index is -3.42. The van der Waals surface area contributed by atoms with Crippen LogP contribution in [0.5, 0.6) is 0 Å². The van der Waals surface area contributed by atoms with Gasteiger partial charge in [0.2, 0.25) is 15.9 Å². The molecule has 0 bridgehead atoms. The zero-order valence-electron chi connectivity index (χ0n) is 13.1. The van der Waals surface area contributed by atoms with Crippen LogP contribution in [0.25, 0.3) is 0 Å². The topological polar surface area (TPSA) is 83.7 Å². The van der Waals surface area contributed by atoms with E-state index < -0.39 is 10.0 Å². The van der Waals surface area contributed by atoms with Gasteiger partial charge < -0.3 is 5.73 Å². The molecule has 2 heterocycles. The molecule has 126 valence electrons. The molecular formula is C16H23N3O3S. The number of benzene rings is 1. The van der Waals surface area contributed by atoms with Crippen molar-refractivity contribution in [3.63, 3.8) is 0 Å². The van der Waals surface area contributed by atoms with E-state index in [1.807, 2.05) is 6.07 Å². The minimum absolute atomic E-state index is 0.183. The molecule has 2 aliphatic heterocycles. The molecule has 0 unspecified atom stereocenters. The maximum Gasteiger partial charge on any atom is 0.243 e. The quantitative estimate of drug-likeness (QED) is 0.880. The molecule has 1 atom stereocenters. The van der Waals surface area contributed by atoms with E-state index in [2.05, 4.69) is 4.90 Å². The van der Waals surface area contributed by atoms with Gasteiger partial charge in [-0.2, -0.15) is 4.31 Å². The van der Waals surface area contributed by atoms with Crippen LogP contribution >= 0.6 is 0 Å². The molecule has 0 aromatic heterocycles. The van der Waals surface area contributed by atoms with E-state index >= 15 is 0 Å². The highest BCUT2D eigenvalue weighted by Gasteiger charge is 2.37. The van der Waals surface area contributed by atoms with Gasteiger partial charge in [0.1, 0.15) is 0 Å².